The highest BCUT2D eigenvalue weighted by atomic mass is 35.5. The second-order valence-electron chi connectivity index (χ2n) is 5.66. The normalized spacial score (nSPS) is 17.1. The van der Waals surface area contributed by atoms with Gasteiger partial charge in [0.15, 0.2) is 0 Å². The lowest BCUT2D eigenvalue weighted by Crippen LogP contribution is -2.50. The molecular weight excluding hydrogens is 302 g/mol. The summed E-state index contributed by atoms with van der Waals surface area (Å²) < 4.78 is 1.61. The standard InChI is InChI=1S/C15H18ClN5O/c16-13-6-4-5-12(9-13)10-17-14(22)15(7-2-1-3-8-15)21-11-18-19-20-21/h4-6,9,11H,1-3,7-8,10H2,(H,17,22). The minimum atomic E-state index is -0.666. The fourth-order valence-electron chi connectivity index (χ4n) is 3.05. The SMILES string of the molecule is O=C(NCc1cccc(Cl)c1)C1(n2cnnn2)CCCCC1. The van der Waals surface area contributed by atoms with Gasteiger partial charge in [0, 0.05) is 11.6 Å². The van der Waals surface area contributed by atoms with Gasteiger partial charge in [-0.15, -0.1) is 5.10 Å². The van der Waals surface area contributed by atoms with Crippen molar-refractivity contribution in [1.82, 2.24) is 25.5 Å². The monoisotopic (exact) mass is 319 g/mol. The van der Waals surface area contributed by atoms with Crippen LogP contribution in [0.5, 0.6) is 0 Å². The number of aromatic nitrogens is 4. The Labute approximate surface area is 133 Å². The number of tetrazole rings is 1. The van der Waals surface area contributed by atoms with E-state index in [-0.39, 0.29) is 5.91 Å². The lowest BCUT2D eigenvalue weighted by Gasteiger charge is -2.35. The molecule has 1 aromatic heterocycles. The fraction of sp³-hybridized carbons (Fsp3) is 0.467. The molecule has 1 saturated carbocycles. The minimum Gasteiger partial charge on any atom is -0.350 e. The molecule has 116 valence electrons. The number of amides is 1. The smallest absolute Gasteiger partial charge is 0.248 e. The van der Waals surface area contributed by atoms with Crippen LogP contribution < -0.4 is 5.32 Å². The first-order valence-corrected chi connectivity index (χ1v) is 7.85. The first-order chi connectivity index (χ1) is 10.7. The average molecular weight is 320 g/mol. The molecule has 1 N–H and O–H groups in total. The molecule has 1 heterocycles. The summed E-state index contributed by atoms with van der Waals surface area (Å²) in [5.41, 5.74) is 0.309. The zero-order chi connectivity index (χ0) is 15.4. The molecule has 1 fully saturated rings. The van der Waals surface area contributed by atoms with E-state index in [1.54, 1.807) is 4.68 Å². The van der Waals surface area contributed by atoms with E-state index in [4.69, 9.17) is 11.6 Å². The van der Waals surface area contributed by atoms with Crippen LogP contribution in [0.25, 0.3) is 0 Å². The fourth-order valence-corrected chi connectivity index (χ4v) is 3.26. The van der Waals surface area contributed by atoms with Gasteiger partial charge < -0.3 is 5.32 Å². The van der Waals surface area contributed by atoms with Gasteiger partial charge in [0.05, 0.1) is 0 Å². The van der Waals surface area contributed by atoms with Crippen molar-refractivity contribution in [1.29, 1.82) is 0 Å². The van der Waals surface area contributed by atoms with Crippen LogP contribution in [0.1, 0.15) is 37.7 Å². The van der Waals surface area contributed by atoms with Gasteiger partial charge in [-0.3, -0.25) is 4.79 Å². The predicted molar refractivity (Wildman–Crippen MR) is 82.2 cm³/mol. The summed E-state index contributed by atoms with van der Waals surface area (Å²) in [4.78, 5) is 12.8. The third-order valence-corrected chi connectivity index (χ3v) is 4.47. The predicted octanol–water partition coefficient (Wildman–Crippen LogP) is 2.30. The van der Waals surface area contributed by atoms with Crippen molar-refractivity contribution in [3.05, 3.63) is 41.2 Å². The molecule has 1 aromatic carbocycles. The Morgan fingerprint density at radius 3 is 2.82 bits per heavy atom. The first kappa shape index (κ1) is 15.0. The first-order valence-electron chi connectivity index (χ1n) is 7.47. The Balaban J connectivity index is 1.75. The summed E-state index contributed by atoms with van der Waals surface area (Å²) in [6, 6.07) is 7.49. The van der Waals surface area contributed by atoms with E-state index in [9.17, 15) is 4.79 Å². The molecule has 0 atom stereocenters. The quantitative estimate of drug-likeness (QED) is 0.938. The van der Waals surface area contributed by atoms with Crippen LogP contribution in [0.3, 0.4) is 0 Å². The molecule has 0 saturated heterocycles. The molecule has 0 unspecified atom stereocenters. The van der Waals surface area contributed by atoms with Gasteiger partial charge in [-0.1, -0.05) is 43.0 Å². The highest BCUT2D eigenvalue weighted by Crippen LogP contribution is 2.34. The summed E-state index contributed by atoms with van der Waals surface area (Å²) in [5, 5.41) is 15.0. The van der Waals surface area contributed by atoms with E-state index in [0.29, 0.717) is 11.6 Å². The van der Waals surface area contributed by atoms with Crippen LogP contribution in [-0.4, -0.2) is 26.1 Å². The van der Waals surface area contributed by atoms with Crippen molar-refractivity contribution < 1.29 is 4.79 Å². The Kier molecular flexibility index (Phi) is 4.38. The summed E-state index contributed by atoms with van der Waals surface area (Å²) >= 11 is 5.97. The number of carbonyl (C=O) groups is 1. The number of hydrogen-bond acceptors (Lipinski definition) is 4. The third-order valence-electron chi connectivity index (χ3n) is 4.23. The molecule has 0 spiro atoms. The van der Waals surface area contributed by atoms with Crippen molar-refractivity contribution in [2.75, 3.05) is 0 Å². The van der Waals surface area contributed by atoms with Crippen LogP contribution in [-0.2, 0) is 16.9 Å². The van der Waals surface area contributed by atoms with Gasteiger partial charge in [0.2, 0.25) is 5.91 Å². The number of nitrogens with one attached hydrogen (secondary N) is 1. The maximum Gasteiger partial charge on any atom is 0.248 e. The van der Waals surface area contributed by atoms with Crippen LogP contribution in [0.15, 0.2) is 30.6 Å². The third kappa shape index (κ3) is 2.97. The number of hydrogen-bond donors (Lipinski definition) is 1. The van der Waals surface area contributed by atoms with Crippen molar-refractivity contribution in [2.45, 2.75) is 44.2 Å². The molecular formula is C15H18ClN5O. The summed E-state index contributed by atoms with van der Waals surface area (Å²) in [5.74, 6) is -0.0283. The molecule has 1 aliphatic carbocycles. The van der Waals surface area contributed by atoms with Crippen LogP contribution in [0, 0.1) is 0 Å². The highest BCUT2D eigenvalue weighted by Gasteiger charge is 2.42. The van der Waals surface area contributed by atoms with Crippen LogP contribution >= 0.6 is 11.6 Å². The molecule has 0 bridgehead atoms. The highest BCUT2D eigenvalue weighted by molar-refractivity contribution is 6.30. The number of carbonyl (C=O) groups excluding carboxylic acids is 1. The molecule has 2 aromatic rings. The zero-order valence-electron chi connectivity index (χ0n) is 12.2. The second-order valence-corrected chi connectivity index (χ2v) is 6.10. The molecule has 22 heavy (non-hydrogen) atoms. The number of halogens is 1. The number of rotatable bonds is 4. The van der Waals surface area contributed by atoms with E-state index in [1.807, 2.05) is 24.3 Å². The Hall–Kier alpha value is -1.95. The largest absolute Gasteiger partial charge is 0.350 e. The van der Waals surface area contributed by atoms with E-state index in [0.717, 1.165) is 37.7 Å². The van der Waals surface area contributed by atoms with Crippen molar-refractivity contribution in [2.24, 2.45) is 0 Å². The van der Waals surface area contributed by atoms with E-state index < -0.39 is 5.54 Å². The van der Waals surface area contributed by atoms with Gasteiger partial charge in [0.25, 0.3) is 0 Å². The summed E-state index contributed by atoms with van der Waals surface area (Å²) in [7, 11) is 0. The van der Waals surface area contributed by atoms with Gasteiger partial charge in [-0.2, -0.15) is 0 Å². The maximum atomic E-state index is 12.8. The molecule has 3 rings (SSSR count). The molecule has 0 radical (unpaired) electrons. The van der Waals surface area contributed by atoms with Crippen LogP contribution in [0.2, 0.25) is 5.02 Å². The van der Waals surface area contributed by atoms with Gasteiger partial charge in [-0.25, -0.2) is 4.68 Å². The summed E-state index contributed by atoms with van der Waals surface area (Å²) in [6.07, 6.45) is 6.21. The topological polar surface area (TPSA) is 72.7 Å². The van der Waals surface area contributed by atoms with Gasteiger partial charge in [0.1, 0.15) is 11.9 Å². The second kappa shape index (κ2) is 6.44. The molecule has 1 aliphatic rings. The molecule has 6 nitrogen and oxygen atoms in total. The van der Waals surface area contributed by atoms with Crippen molar-refractivity contribution in [3.63, 3.8) is 0 Å². The van der Waals surface area contributed by atoms with Crippen molar-refractivity contribution in [3.8, 4) is 0 Å². The summed E-state index contributed by atoms with van der Waals surface area (Å²) in [6.45, 7) is 0.448. The van der Waals surface area contributed by atoms with Crippen molar-refractivity contribution >= 4 is 17.5 Å². The van der Waals surface area contributed by atoms with Gasteiger partial charge >= 0.3 is 0 Å². The molecule has 1 amide bonds. The number of nitrogens with zero attached hydrogens (tertiary/aromatic N) is 4. The van der Waals surface area contributed by atoms with Crippen LogP contribution in [0.4, 0.5) is 0 Å². The Morgan fingerprint density at radius 1 is 1.32 bits per heavy atom. The van der Waals surface area contributed by atoms with E-state index in [2.05, 4.69) is 20.8 Å². The van der Waals surface area contributed by atoms with E-state index in [1.165, 1.54) is 6.33 Å². The van der Waals surface area contributed by atoms with Gasteiger partial charge in [-0.05, 0) is 41.0 Å². The Morgan fingerprint density at radius 2 is 2.14 bits per heavy atom. The lowest BCUT2D eigenvalue weighted by atomic mass is 9.81. The van der Waals surface area contributed by atoms with E-state index >= 15 is 0 Å². The average Bonchev–Trinajstić information content (AvgIpc) is 3.08. The molecule has 7 heteroatoms. The number of benzene rings is 1. The molecule has 0 aliphatic heterocycles. The Bertz CT molecular complexity index is 637. The zero-order valence-corrected chi connectivity index (χ0v) is 13.0. The maximum absolute atomic E-state index is 12.8. The minimum absolute atomic E-state index is 0.0283. The lowest BCUT2D eigenvalue weighted by molar-refractivity contribution is -0.132.